The minimum Gasteiger partial charge on any atom is -0.322 e. The van der Waals surface area contributed by atoms with Crippen LogP contribution in [0.2, 0.25) is 0 Å². The lowest BCUT2D eigenvalue weighted by molar-refractivity contribution is 0.102. The number of rotatable bonds is 1. The fourth-order valence-corrected chi connectivity index (χ4v) is 3.06. The molecule has 0 fully saturated rings. The summed E-state index contributed by atoms with van der Waals surface area (Å²) < 4.78 is 22.9. The molecule has 1 amide bonds. The average molecular weight is 302 g/mol. The van der Waals surface area contributed by atoms with E-state index < -0.39 is 10.0 Å². The summed E-state index contributed by atoms with van der Waals surface area (Å²) in [4.78, 5) is 12.3. The Morgan fingerprint density at radius 3 is 2.48 bits per heavy atom. The number of amides is 1. The van der Waals surface area contributed by atoms with Crippen molar-refractivity contribution in [2.24, 2.45) is 5.14 Å². The molecule has 2 aromatic carbocycles. The third kappa shape index (κ3) is 2.68. The maximum absolute atomic E-state index is 12.2. The van der Waals surface area contributed by atoms with Crippen molar-refractivity contribution in [3.05, 3.63) is 59.2 Å². The Morgan fingerprint density at radius 2 is 1.71 bits per heavy atom. The second-order valence-corrected chi connectivity index (χ2v) is 6.54. The summed E-state index contributed by atoms with van der Waals surface area (Å²) in [5.74, 6) is -0.185. The highest BCUT2D eigenvalue weighted by Gasteiger charge is 2.18. The molecule has 0 aromatic heterocycles. The average Bonchev–Trinajstić information content (AvgIpc) is 2.43. The highest BCUT2D eigenvalue weighted by molar-refractivity contribution is 7.89. The Bertz CT molecular complexity index is 829. The number of benzene rings is 2. The Morgan fingerprint density at radius 1 is 1.00 bits per heavy atom. The number of hydrogen-bond donors (Lipinski definition) is 2. The van der Waals surface area contributed by atoms with Gasteiger partial charge in [0.2, 0.25) is 10.0 Å². The minimum atomic E-state index is -3.74. The van der Waals surface area contributed by atoms with Gasteiger partial charge in [0.1, 0.15) is 0 Å². The molecule has 0 radical (unpaired) electrons. The number of hydrogen-bond acceptors (Lipinski definition) is 3. The lowest BCUT2D eigenvalue weighted by Gasteiger charge is -2.18. The molecule has 21 heavy (non-hydrogen) atoms. The molecule has 1 heterocycles. The number of nitrogens with two attached hydrogens (primary N) is 1. The molecule has 0 saturated heterocycles. The molecule has 0 aliphatic carbocycles. The van der Waals surface area contributed by atoms with Gasteiger partial charge in [0.05, 0.1) is 4.90 Å². The lowest BCUT2D eigenvalue weighted by atomic mass is 9.96. The molecular weight excluding hydrogens is 288 g/mol. The van der Waals surface area contributed by atoms with E-state index in [0.717, 1.165) is 11.1 Å². The van der Waals surface area contributed by atoms with Crippen molar-refractivity contribution in [2.75, 3.05) is 5.32 Å². The first kappa shape index (κ1) is 13.8. The van der Waals surface area contributed by atoms with Crippen LogP contribution in [0.3, 0.4) is 0 Å². The van der Waals surface area contributed by atoms with Crippen molar-refractivity contribution in [1.82, 2.24) is 0 Å². The number of carbonyl (C=O) groups is 1. The van der Waals surface area contributed by atoms with Gasteiger partial charge in [0.25, 0.3) is 5.91 Å². The van der Waals surface area contributed by atoms with Crippen molar-refractivity contribution >= 4 is 21.6 Å². The molecule has 1 aliphatic heterocycles. The van der Waals surface area contributed by atoms with Gasteiger partial charge in [-0.15, -0.1) is 0 Å². The SMILES string of the molecule is NS(=O)(=O)c1ccc2c(c1)CCc1ccccc1C(=O)N2. The Labute approximate surface area is 122 Å². The van der Waals surface area contributed by atoms with Crippen molar-refractivity contribution in [3.8, 4) is 0 Å². The van der Waals surface area contributed by atoms with Gasteiger partial charge >= 0.3 is 0 Å². The number of anilines is 1. The van der Waals surface area contributed by atoms with E-state index in [2.05, 4.69) is 5.32 Å². The van der Waals surface area contributed by atoms with E-state index in [1.165, 1.54) is 12.1 Å². The third-order valence-corrected chi connectivity index (χ3v) is 4.49. The van der Waals surface area contributed by atoms with Gasteiger partial charge < -0.3 is 5.32 Å². The van der Waals surface area contributed by atoms with Crippen LogP contribution >= 0.6 is 0 Å². The molecule has 5 nitrogen and oxygen atoms in total. The number of aryl methyl sites for hydroxylation is 2. The molecule has 2 aromatic rings. The number of fused-ring (bicyclic) bond motifs is 2. The largest absolute Gasteiger partial charge is 0.322 e. The first-order valence-electron chi connectivity index (χ1n) is 6.50. The van der Waals surface area contributed by atoms with E-state index in [1.54, 1.807) is 12.1 Å². The van der Waals surface area contributed by atoms with Gasteiger partial charge in [-0.05, 0) is 48.2 Å². The van der Waals surface area contributed by atoms with E-state index in [0.29, 0.717) is 24.1 Å². The normalized spacial score (nSPS) is 14.4. The minimum absolute atomic E-state index is 0.0596. The predicted octanol–water partition coefficient (Wildman–Crippen LogP) is 1.68. The van der Waals surface area contributed by atoms with Crippen LogP contribution in [-0.4, -0.2) is 14.3 Å². The molecule has 3 N–H and O–H groups in total. The Balaban J connectivity index is 2.06. The van der Waals surface area contributed by atoms with Crippen LogP contribution < -0.4 is 10.5 Å². The topological polar surface area (TPSA) is 89.3 Å². The van der Waals surface area contributed by atoms with E-state index in [4.69, 9.17) is 5.14 Å². The third-order valence-electron chi connectivity index (χ3n) is 3.58. The number of nitrogens with one attached hydrogen (secondary N) is 1. The summed E-state index contributed by atoms with van der Waals surface area (Å²) in [7, 11) is -3.74. The second-order valence-electron chi connectivity index (χ2n) is 4.98. The van der Waals surface area contributed by atoms with Crippen LogP contribution in [0.5, 0.6) is 0 Å². The van der Waals surface area contributed by atoms with Crippen LogP contribution in [0.1, 0.15) is 21.5 Å². The van der Waals surface area contributed by atoms with E-state index in [-0.39, 0.29) is 10.8 Å². The molecule has 0 spiro atoms. The molecule has 6 heteroatoms. The summed E-state index contributed by atoms with van der Waals surface area (Å²) >= 11 is 0. The fraction of sp³-hybridized carbons (Fsp3) is 0.133. The quantitative estimate of drug-likeness (QED) is 0.840. The van der Waals surface area contributed by atoms with E-state index >= 15 is 0 Å². The van der Waals surface area contributed by atoms with Crippen LogP contribution in [0.4, 0.5) is 5.69 Å². The van der Waals surface area contributed by atoms with E-state index in [1.807, 2.05) is 18.2 Å². The maximum atomic E-state index is 12.2. The summed E-state index contributed by atoms with van der Waals surface area (Å²) in [6.45, 7) is 0. The summed E-state index contributed by atoms with van der Waals surface area (Å²) in [6.07, 6.45) is 1.31. The van der Waals surface area contributed by atoms with Crippen molar-refractivity contribution in [3.63, 3.8) is 0 Å². The molecular formula is C15H14N2O3S. The molecule has 0 saturated carbocycles. The molecule has 3 rings (SSSR count). The van der Waals surface area contributed by atoms with Gasteiger partial charge in [-0.2, -0.15) is 0 Å². The zero-order valence-electron chi connectivity index (χ0n) is 11.2. The molecule has 0 atom stereocenters. The number of sulfonamides is 1. The second kappa shape index (κ2) is 4.98. The lowest BCUT2D eigenvalue weighted by Crippen LogP contribution is -2.19. The zero-order chi connectivity index (χ0) is 15.0. The van der Waals surface area contributed by atoms with E-state index in [9.17, 15) is 13.2 Å². The van der Waals surface area contributed by atoms with Gasteiger partial charge in [0.15, 0.2) is 0 Å². The van der Waals surface area contributed by atoms with Gasteiger partial charge in [-0.1, -0.05) is 18.2 Å². The first-order chi connectivity index (χ1) is 9.95. The summed E-state index contributed by atoms with van der Waals surface area (Å²) in [6, 6.07) is 11.9. The monoisotopic (exact) mass is 302 g/mol. The Kier molecular flexibility index (Phi) is 3.27. The molecule has 108 valence electrons. The van der Waals surface area contributed by atoms with Gasteiger partial charge in [-0.3, -0.25) is 4.79 Å². The van der Waals surface area contributed by atoms with Crippen molar-refractivity contribution < 1.29 is 13.2 Å². The highest BCUT2D eigenvalue weighted by Crippen LogP contribution is 2.25. The van der Waals surface area contributed by atoms with Crippen molar-refractivity contribution in [2.45, 2.75) is 17.7 Å². The van der Waals surface area contributed by atoms with Crippen LogP contribution in [0.15, 0.2) is 47.4 Å². The molecule has 1 aliphatic rings. The maximum Gasteiger partial charge on any atom is 0.255 e. The van der Waals surface area contributed by atoms with Crippen LogP contribution in [0.25, 0.3) is 0 Å². The molecule has 0 bridgehead atoms. The highest BCUT2D eigenvalue weighted by atomic mass is 32.2. The zero-order valence-corrected chi connectivity index (χ0v) is 12.0. The van der Waals surface area contributed by atoms with Crippen LogP contribution in [0, 0.1) is 0 Å². The number of carbonyl (C=O) groups excluding carboxylic acids is 1. The summed E-state index contributed by atoms with van der Waals surface area (Å²) in [5.41, 5.74) is 2.99. The Hall–Kier alpha value is -2.18. The summed E-state index contributed by atoms with van der Waals surface area (Å²) in [5, 5.41) is 7.97. The van der Waals surface area contributed by atoms with Gasteiger partial charge in [0, 0.05) is 11.3 Å². The fourth-order valence-electron chi connectivity index (χ4n) is 2.49. The van der Waals surface area contributed by atoms with Crippen LogP contribution in [-0.2, 0) is 22.9 Å². The molecule has 0 unspecified atom stereocenters. The number of primary sulfonamides is 1. The first-order valence-corrected chi connectivity index (χ1v) is 8.05. The predicted molar refractivity (Wildman–Crippen MR) is 79.6 cm³/mol. The smallest absolute Gasteiger partial charge is 0.255 e. The van der Waals surface area contributed by atoms with Gasteiger partial charge in [-0.25, -0.2) is 13.6 Å². The van der Waals surface area contributed by atoms with Crippen molar-refractivity contribution in [1.29, 1.82) is 0 Å². The standard InChI is InChI=1S/C15H14N2O3S/c16-21(19,20)12-7-8-14-11(9-12)6-5-10-3-1-2-4-13(10)15(18)17-14/h1-4,7-9H,5-6H2,(H,17,18)(H2,16,19,20).